The van der Waals surface area contributed by atoms with E-state index in [9.17, 15) is 0 Å². The first kappa shape index (κ1) is 15.0. The van der Waals surface area contributed by atoms with E-state index in [1.807, 2.05) is 21.8 Å². The Morgan fingerprint density at radius 2 is 2.04 bits per heavy atom. The van der Waals surface area contributed by atoms with Crippen molar-refractivity contribution in [2.75, 3.05) is 19.7 Å². The molecule has 1 aliphatic heterocycles. The first-order valence-corrected chi connectivity index (χ1v) is 8.10. The molecule has 3 aromatic rings. The van der Waals surface area contributed by atoms with Crippen molar-refractivity contribution < 1.29 is 4.74 Å². The van der Waals surface area contributed by atoms with Crippen molar-refractivity contribution in [1.82, 2.24) is 29.2 Å². The number of hydrogen-bond acceptors (Lipinski definition) is 5. The normalized spacial score (nSPS) is 18.8. The molecule has 0 amide bonds. The van der Waals surface area contributed by atoms with Crippen molar-refractivity contribution in [2.45, 2.75) is 19.2 Å². The van der Waals surface area contributed by atoms with Gasteiger partial charge in [0.1, 0.15) is 12.7 Å². The Balaban J connectivity index is 1.36. The highest BCUT2D eigenvalue weighted by Gasteiger charge is 2.21. The van der Waals surface area contributed by atoms with Crippen LogP contribution < -0.4 is 0 Å². The molecule has 0 N–H and O–H groups in total. The first-order chi connectivity index (χ1) is 11.9. The highest BCUT2D eigenvalue weighted by atomic mass is 16.5. The zero-order valence-corrected chi connectivity index (χ0v) is 13.4. The maximum Gasteiger partial charge on any atom is 0.137 e. The average molecular weight is 324 g/mol. The van der Waals surface area contributed by atoms with E-state index in [1.165, 1.54) is 5.56 Å². The van der Waals surface area contributed by atoms with Crippen LogP contribution in [0.1, 0.15) is 5.56 Å². The van der Waals surface area contributed by atoms with Gasteiger partial charge in [-0.3, -0.25) is 9.58 Å². The third-order valence-electron chi connectivity index (χ3n) is 4.23. The number of morpholine rings is 1. The summed E-state index contributed by atoms with van der Waals surface area (Å²) in [6.45, 7) is 4.30. The highest BCUT2D eigenvalue weighted by molar-refractivity contribution is 5.34. The maximum atomic E-state index is 5.85. The number of imidazole rings is 1. The van der Waals surface area contributed by atoms with Crippen molar-refractivity contribution in [3.63, 3.8) is 0 Å². The standard InChI is InChI=1S/C17H20N6O/c1-3-16(22-6-5-18-13-22)4-2-15(1)9-21-7-8-24-17(10-21)11-23-14-19-12-20-23/h1-6,12-14,17H,7-11H2. The average Bonchev–Trinajstić information content (AvgIpc) is 3.29. The van der Waals surface area contributed by atoms with E-state index in [1.54, 1.807) is 18.9 Å². The smallest absolute Gasteiger partial charge is 0.137 e. The minimum absolute atomic E-state index is 0.158. The molecule has 1 atom stereocenters. The Labute approximate surface area is 140 Å². The summed E-state index contributed by atoms with van der Waals surface area (Å²) in [7, 11) is 0. The largest absolute Gasteiger partial charge is 0.374 e. The van der Waals surface area contributed by atoms with E-state index in [0.29, 0.717) is 0 Å². The van der Waals surface area contributed by atoms with Crippen molar-refractivity contribution in [3.05, 3.63) is 61.2 Å². The van der Waals surface area contributed by atoms with Crippen LogP contribution in [0.25, 0.3) is 5.69 Å². The van der Waals surface area contributed by atoms with Gasteiger partial charge in [0, 0.05) is 37.7 Å². The molecule has 2 aromatic heterocycles. The summed E-state index contributed by atoms with van der Waals surface area (Å²) in [5.74, 6) is 0. The van der Waals surface area contributed by atoms with Gasteiger partial charge in [-0.2, -0.15) is 5.10 Å². The third-order valence-corrected chi connectivity index (χ3v) is 4.23. The summed E-state index contributed by atoms with van der Waals surface area (Å²) >= 11 is 0. The molecule has 0 aliphatic carbocycles. The van der Waals surface area contributed by atoms with Crippen LogP contribution in [0.15, 0.2) is 55.6 Å². The molecule has 7 nitrogen and oxygen atoms in total. The number of ether oxygens (including phenoxy) is 1. The molecule has 1 fully saturated rings. The summed E-state index contributed by atoms with van der Waals surface area (Å²) in [6.07, 6.45) is 9.00. The van der Waals surface area contributed by atoms with E-state index in [0.717, 1.165) is 38.5 Å². The van der Waals surface area contributed by atoms with Gasteiger partial charge < -0.3 is 9.30 Å². The zero-order chi connectivity index (χ0) is 16.2. The zero-order valence-electron chi connectivity index (χ0n) is 13.4. The molecule has 4 rings (SSSR count). The van der Waals surface area contributed by atoms with Crippen LogP contribution in [0.3, 0.4) is 0 Å². The SMILES string of the molecule is c1cn(-c2ccc(CN3CCOC(Cn4cncn4)C3)cc2)cn1. The van der Waals surface area contributed by atoms with Gasteiger partial charge in [0.05, 0.1) is 25.6 Å². The van der Waals surface area contributed by atoms with Gasteiger partial charge in [-0.15, -0.1) is 0 Å². The van der Waals surface area contributed by atoms with Crippen LogP contribution in [0, 0.1) is 0 Å². The molecular formula is C17H20N6O. The topological polar surface area (TPSA) is 61.0 Å². The van der Waals surface area contributed by atoms with Crippen molar-refractivity contribution in [1.29, 1.82) is 0 Å². The van der Waals surface area contributed by atoms with Crippen LogP contribution >= 0.6 is 0 Å². The van der Waals surface area contributed by atoms with Gasteiger partial charge in [-0.05, 0) is 17.7 Å². The maximum absolute atomic E-state index is 5.85. The molecule has 1 saturated heterocycles. The monoisotopic (exact) mass is 324 g/mol. The molecule has 0 spiro atoms. The van der Waals surface area contributed by atoms with Crippen LogP contribution in [-0.2, 0) is 17.8 Å². The molecule has 0 radical (unpaired) electrons. The van der Waals surface area contributed by atoms with Gasteiger partial charge in [0.2, 0.25) is 0 Å². The quantitative estimate of drug-likeness (QED) is 0.709. The van der Waals surface area contributed by atoms with Crippen LogP contribution in [-0.4, -0.2) is 55.0 Å². The number of rotatable bonds is 5. The van der Waals surface area contributed by atoms with Gasteiger partial charge in [0.25, 0.3) is 0 Å². The molecule has 1 unspecified atom stereocenters. The summed E-state index contributed by atoms with van der Waals surface area (Å²) < 4.78 is 9.68. The number of nitrogens with zero attached hydrogens (tertiary/aromatic N) is 6. The number of benzene rings is 1. The molecule has 1 aliphatic rings. The van der Waals surface area contributed by atoms with Gasteiger partial charge >= 0.3 is 0 Å². The fourth-order valence-electron chi connectivity index (χ4n) is 3.01. The second-order valence-electron chi connectivity index (χ2n) is 5.98. The lowest BCUT2D eigenvalue weighted by Crippen LogP contribution is -2.43. The Bertz CT molecular complexity index is 738. The van der Waals surface area contributed by atoms with Crippen LogP contribution in [0.5, 0.6) is 0 Å². The third kappa shape index (κ3) is 3.52. The Kier molecular flexibility index (Phi) is 4.35. The van der Waals surface area contributed by atoms with E-state index in [2.05, 4.69) is 44.2 Å². The van der Waals surface area contributed by atoms with Crippen molar-refractivity contribution in [3.8, 4) is 5.69 Å². The predicted molar refractivity (Wildman–Crippen MR) is 88.6 cm³/mol. The number of aromatic nitrogens is 5. The fraction of sp³-hybridized carbons (Fsp3) is 0.353. The molecule has 24 heavy (non-hydrogen) atoms. The van der Waals surface area contributed by atoms with E-state index in [4.69, 9.17) is 4.74 Å². The second kappa shape index (κ2) is 6.94. The summed E-state index contributed by atoms with van der Waals surface area (Å²) in [6, 6.07) is 8.61. The first-order valence-electron chi connectivity index (χ1n) is 8.10. The summed E-state index contributed by atoms with van der Waals surface area (Å²) in [5.41, 5.74) is 2.43. The lowest BCUT2D eigenvalue weighted by molar-refractivity contribution is -0.0402. The molecule has 124 valence electrons. The van der Waals surface area contributed by atoms with Crippen molar-refractivity contribution >= 4 is 0 Å². The molecule has 3 heterocycles. The van der Waals surface area contributed by atoms with Gasteiger partial charge in [0.15, 0.2) is 0 Å². The van der Waals surface area contributed by atoms with E-state index >= 15 is 0 Å². The van der Waals surface area contributed by atoms with Crippen LogP contribution in [0.4, 0.5) is 0 Å². The minimum atomic E-state index is 0.158. The lowest BCUT2D eigenvalue weighted by Gasteiger charge is -2.32. The molecule has 7 heteroatoms. The minimum Gasteiger partial charge on any atom is -0.374 e. The molecule has 1 aromatic carbocycles. The second-order valence-corrected chi connectivity index (χ2v) is 5.98. The summed E-state index contributed by atoms with van der Waals surface area (Å²) in [5, 5.41) is 4.15. The molecule has 0 saturated carbocycles. The highest BCUT2D eigenvalue weighted by Crippen LogP contribution is 2.14. The Morgan fingerprint density at radius 1 is 1.12 bits per heavy atom. The van der Waals surface area contributed by atoms with Gasteiger partial charge in [-0.1, -0.05) is 12.1 Å². The summed E-state index contributed by atoms with van der Waals surface area (Å²) in [4.78, 5) is 10.5. The lowest BCUT2D eigenvalue weighted by atomic mass is 10.1. The van der Waals surface area contributed by atoms with E-state index in [-0.39, 0.29) is 6.10 Å². The van der Waals surface area contributed by atoms with E-state index < -0.39 is 0 Å². The Morgan fingerprint density at radius 3 is 2.79 bits per heavy atom. The molecular weight excluding hydrogens is 304 g/mol. The Hall–Kier alpha value is -2.51. The number of hydrogen-bond donors (Lipinski definition) is 0. The molecule has 0 bridgehead atoms. The predicted octanol–water partition coefficient (Wildman–Crippen LogP) is 1.36. The van der Waals surface area contributed by atoms with Crippen LogP contribution in [0.2, 0.25) is 0 Å². The fourth-order valence-corrected chi connectivity index (χ4v) is 3.01. The van der Waals surface area contributed by atoms with Gasteiger partial charge in [-0.25, -0.2) is 9.97 Å². The van der Waals surface area contributed by atoms with Crippen molar-refractivity contribution in [2.24, 2.45) is 0 Å².